The van der Waals surface area contributed by atoms with Crippen molar-refractivity contribution < 1.29 is 14.7 Å². The lowest BCUT2D eigenvalue weighted by Gasteiger charge is -2.47. The summed E-state index contributed by atoms with van der Waals surface area (Å²) in [6.45, 7) is 6.22. The van der Waals surface area contributed by atoms with E-state index in [1.165, 1.54) is 0 Å². The van der Waals surface area contributed by atoms with Crippen LogP contribution < -0.4 is 0 Å². The van der Waals surface area contributed by atoms with Crippen molar-refractivity contribution in [2.45, 2.75) is 45.6 Å². The van der Waals surface area contributed by atoms with Crippen LogP contribution in [0.3, 0.4) is 0 Å². The average molecular weight is 333 g/mol. The summed E-state index contributed by atoms with van der Waals surface area (Å²) < 4.78 is 0. The van der Waals surface area contributed by atoms with Crippen LogP contribution in [0.25, 0.3) is 0 Å². The lowest BCUT2D eigenvalue weighted by Crippen LogP contribution is -2.53. The van der Waals surface area contributed by atoms with E-state index in [9.17, 15) is 14.7 Å². The van der Waals surface area contributed by atoms with Crippen LogP contribution in [0.4, 0.5) is 0 Å². The molecule has 6 heteroatoms. The second-order valence-corrected chi connectivity index (χ2v) is 7.43. The molecule has 0 aromatic carbocycles. The summed E-state index contributed by atoms with van der Waals surface area (Å²) >= 11 is 0. The number of hydrogen-bond donors (Lipinski definition) is 2. The van der Waals surface area contributed by atoms with Gasteiger partial charge >= 0.3 is 0 Å². The molecule has 2 saturated heterocycles. The van der Waals surface area contributed by atoms with E-state index in [0.29, 0.717) is 19.5 Å². The summed E-state index contributed by atoms with van der Waals surface area (Å²) in [7, 11) is 0. The van der Waals surface area contributed by atoms with E-state index in [1.54, 1.807) is 13.1 Å². The van der Waals surface area contributed by atoms with Gasteiger partial charge in [0, 0.05) is 44.5 Å². The summed E-state index contributed by atoms with van der Waals surface area (Å²) in [6.07, 6.45) is 4.60. The number of β-amino-alcohol motifs (C(OH)–C–C–N with tert-alkyl or cyclic N) is 1. The molecule has 0 aliphatic carbocycles. The molecule has 2 aliphatic heterocycles. The Balaban J connectivity index is 1.63. The molecule has 2 N–H and O–H groups in total. The fourth-order valence-corrected chi connectivity index (χ4v) is 4.03. The number of aromatic nitrogens is 1. The first-order valence-electron chi connectivity index (χ1n) is 8.79. The normalized spacial score (nSPS) is 22.0. The molecule has 6 nitrogen and oxygen atoms in total. The largest absolute Gasteiger partial charge is 0.392 e. The van der Waals surface area contributed by atoms with Gasteiger partial charge in [-0.05, 0) is 44.6 Å². The maximum atomic E-state index is 12.6. The van der Waals surface area contributed by atoms with Gasteiger partial charge in [-0.3, -0.25) is 9.59 Å². The van der Waals surface area contributed by atoms with Crippen molar-refractivity contribution in [1.82, 2.24) is 14.8 Å². The topological polar surface area (TPSA) is 76.6 Å². The number of piperidine rings is 2. The molecule has 24 heavy (non-hydrogen) atoms. The van der Waals surface area contributed by atoms with Crippen LogP contribution in [-0.2, 0) is 4.79 Å². The van der Waals surface area contributed by atoms with Crippen LogP contribution in [0.15, 0.2) is 12.3 Å². The number of aryl methyl sites for hydroxylation is 1. The maximum absolute atomic E-state index is 12.6. The molecule has 1 aromatic heterocycles. The minimum atomic E-state index is -0.498. The lowest BCUT2D eigenvalue weighted by atomic mass is 9.72. The van der Waals surface area contributed by atoms with Crippen molar-refractivity contribution in [3.05, 3.63) is 23.5 Å². The van der Waals surface area contributed by atoms with Crippen molar-refractivity contribution in [3.8, 4) is 0 Å². The van der Waals surface area contributed by atoms with Crippen LogP contribution in [-0.4, -0.2) is 64.0 Å². The quantitative estimate of drug-likeness (QED) is 0.881. The molecule has 0 saturated carbocycles. The van der Waals surface area contributed by atoms with Crippen LogP contribution in [0, 0.1) is 12.3 Å². The second kappa shape index (κ2) is 6.59. The molecule has 1 spiro atoms. The van der Waals surface area contributed by atoms with E-state index < -0.39 is 6.10 Å². The fourth-order valence-electron chi connectivity index (χ4n) is 4.03. The number of rotatable bonds is 3. The van der Waals surface area contributed by atoms with Gasteiger partial charge in [0.1, 0.15) is 0 Å². The Morgan fingerprint density at radius 3 is 2.67 bits per heavy atom. The van der Waals surface area contributed by atoms with E-state index in [2.05, 4.69) is 4.98 Å². The third-order valence-corrected chi connectivity index (χ3v) is 5.53. The third kappa shape index (κ3) is 3.34. The van der Waals surface area contributed by atoms with Crippen molar-refractivity contribution in [2.75, 3.05) is 26.2 Å². The Morgan fingerprint density at radius 2 is 2.08 bits per heavy atom. The van der Waals surface area contributed by atoms with Gasteiger partial charge in [0.05, 0.1) is 11.7 Å². The molecule has 1 atom stereocenters. The van der Waals surface area contributed by atoms with Gasteiger partial charge < -0.3 is 19.9 Å². The van der Waals surface area contributed by atoms with Crippen molar-refractivity contribution in [1.29, 1.82) is 0 Å². The first kappa shape index (κ1) is 17.0. The highest BCUT2D eigenvalue weighted by Gasteiger charge is 2.42. The number of carbonyl (C=O) groups excluding carboxylic acids is 2. The zero-order valence-electron chi connectivity index (χ0n) is 14.5. The predicted molar refractivity (Wildman–Crippen MR) is 90.6 cm³/mol. The minimum Gasteiger partial charge on any atom is -0.392 e. The highest BCUT2D eigenvalue weighted by molar-refractivity contribution is 5.95. The Bertz CT molecular complexity index is 615. The Hall–Kier alpha value is -1.82. The minimum absolute atomic E-state index is 0.0938. The summed E-state index contributed by atoms with van der Waals surface area (Å²) in [5.41, 5.74) is 1.76. The first-order valence-corrected chi connectivity index (χ1v) is 8.79. The summed E-state index contributed by atoms with van der Waals surface area (Å²) in [5.74, 6) is 0.235. The van der Waals surface area contributed by atoms with E-state index in [-0.39, 0.29) is 17.2 Å². The Morgan fingerprint density at radius 1 is 1.38 bits per heavy atom. The van der Waals surface area contributed by atoms with E-state index in [1.807, 2.05) is 22.8 Å². The summed E-state index contributed by atoms with van der Waals surface area (Å²) in [6, 6.07) is 1.84. The SMILES string of the molecule is Cc1[nH]ccc1C(=O)N1CCC2(CCC(=O)N(C[C@H](C)O)C2)CC1. The predicted octanol–water partition coefficient (Wildman–Crippen LogP) is 1.55. The molecule has 3 heterocycles. The standard InChI is InChI=1S/C18H27N3O3/c1-13(22)11-21-12-18(5-3-16(21)23)6-9-20(10-7-18)17(24)15-4-8-19-14(15)2/h4,8,13,19,22H,3,5-7,9-12H2,1-2H3/t13-/m0/s1. The molecule has 0 radical (unpaired) electrons. The number of nitrogens with one attached hydrogen (secondary N) is 1. The highest BCUT2D eigenvalue weighted by Crippen LogP contribution is 2.40. The monoisotopic (exact) mass is 333 g/mol. The van der Waals surface area contributed by atoms with Gasteiger partial charge in [0.25, 0.3) is 5.91 Å². The van der Waals surface area contributed by atoms with E-state index in [4.69, 9.17) is 0 Å². The molecule has 2 aliphatic rings. The number of H-pyrrole nitrogens is 1. The zero-order chi connectivity index (χ0) is 17.3. The van der Waals surface area contributed by atoms with Crippen molar-refractivity contribution in [2.24, 2.45) is 5.41 Å². The molecule has 1 aromatic rings. The molecule has 0 bridgehead atoms. The molecule has 2 fully saturated rings. The fraction of sp³-hybridized carbons (Fsp3) is 0.667. The molecule has 2 amide bonds. The molecular weight excluding hydrogens is 306 g/mol. The van der Waals surface area contributed by atoms with Crippen LogP contribution in [0.1, 0.15) is 48.7 Å². The van der Waals surface area contributed by atoms with Gasteiger partial charge in [0.2, 0.25) is 5.91 Å². The molecule has 3 rings (SSSR count). The number of aliphatic hydroxyl groups excluding tert-OH is 1. The van der Waals surface area contributed by atoms with Crippen LogP contribution in [0.5, 0.6) is 0 Å². The smallest absolute Gasteiger partial charge is 0.255 e. The Labute approximate surface area is 142 Å². The van der Waals surface area contributed by atoms with Crippen LogP contribution in [0.2, 0.25) is 0 Å². The van der Waals surface area contributed by atoms with Crippen LogP contribution >= 0.6 is 0 Å². The number of likely N-dealkylation sites (tertiary alicyclic amines) is 2. The van der Waals surface area contributed by atoms with Crippen molar-refractivity contribution >= 4 is 11.8 Å². The number of carbonyl (C=O) groups is 2. The van der Waals surface area contributed by atoms with Gasteiger partial charge in [-0.1, -0.05) is 0 Å². The number of aliphatic hydroxyl groups is 1. The van der Waals surface area contributed by atoms with Gasteiger partial charge in [-0.15, -0.1) is 0 Å². The molecule has 132 valence electrons. The number of amides is 2. The van der Waals surface area contributed by atoms with Gasteiger partial charge in [-0.25, -0.2) is 0 Å². The first-order chi connectivity index (χ1) is 11.4. The number of hydrogen-bond acceptors (Lipinski definition) is 3. The second-order valence-electron chi connectivity index (χ2n) is 7.43. The van der Waals surface area contributed by atoms with Gasteiger partial charge in [0.15, 0.2) is 0 Å². The lowest BCUT2D eigenvalue weighted by molar-refractivity contribution is -0.140. The van der Waals surface area contributed by atoms with Crippen molar-refractivity contribution in [3.63, 3.8) is 0 Å². The van der Waals surface area contributed by atoms with E-state index >= 15 is 0 Å². The number of nitrogens with zero attached hydrogens (tertiary/aromatic N) is 2. The van der Waals surface area contributed by atoms with Gasteiger partial charge in [-0.2, -0.15) is 0 Å². The molecule has 0 unspecified atom stereocenters. The summed E-state index contributed by atoms with van der Waals surface area (Å²) in [4.78, 5) is 31.5. The highest BCUT2D eigenvalue weighted by atomic mass is 16.3. The summed E-state index contributed by atoms with van der Waals surface area (Å²) in [5, 5.41) is 9.61. The third-order valence-electron chi connectivity index (χ3n) is 5.53. The average Bonchev–Trinajstić information content (AvgIpc) is 2.97. The maximum Gasteiger partial charge on any atom is 0.255 e. The zero-order valence-corrected chi connectivity index (χ0v) is 14.5. The number of aromatic amines is 1. The molecular formula is C18H27N3O3. The van der Waals surface area contributed by atoms with E-state index in [0.717, 1.165) is 43.6 Å². The Kier molecular flexibility index (Phi) is 4.67.